The molecule has 1 heterocycles. The van der Waals surface area contributed by atoms with E-state index in [4.69, 9.17) is 14.6 Å². The number of rotatable bonds is 7. The molecule has 30 heavy (non-hydrogen) atoms. The van der Waals surface area contributed by atoms with E-state index in [1.54, 1.807) is 12.1 Å². The van der Waals surface area contributed by atoms with Crippen molar-refractivity contribution in [2.75, 3.05) is 40.0 Å². The van der Waals surface area contributed by atoms with Gasteiger partial charge in [0.05, 0.1) is 36.8 Å². The van der Waals surface area contributed by atoms with E-state index in [0.717, 1.165) is 5.56 Å². The predicted octanol–water partition coefficient (Wildman–Crippen LogP) is 1.28. The summed E-state index contributed by atoms with van der Waals surface area (Å²) in [7, 11) is -2.59. The number of primary sulfonamides is 1. The molecule has 0 radical (unpaired) electrons. The maximum absolute atomic E-state index is 13.4. The second kappa shape index (κ2) is 9.52. The number of sulfonamides is 1. The van der Waals surface area contributed by atoms with Crippen LogP contribution in [-0.2, 0) is 14.8 Å². The molecule has 2 aromatic rings. The largest absolute Gasteiger partial charge is 0.496 e. The zero-order valence-electron chi connectivity index (χ0n) is 16.5. The summed E-state index contributed by atoms with van der Waals surface area (Å²) in [5.74, 6) is -0.615. The number of nitrogens with one attached hydrogen (secondary N) is 1. The number of hydrogen-bond acceptors (Lipinski definition) is 6. The van der Waals surface area contributed by atoms with Gasteiger partial charge in [-0.05, 0) is 35.9 Å². The van der Waals surface area contributed by atoms with Crippen LogP contribution >= 0.6 is 0 Å². The zero-order chi connectivity index (χ0) is 21.7. The molecule has 1 amide bonds. The van der Waals surface area contributed by atoms with Gasteiger partial charge in [-0.3, -0.25) is 9.69 Å². The number of nitrogens with two attached hydrogens (primary N) is 1. The summed E-state index contributed by atoms with van der Waals surface area (Å²) in [6.07, 6.45) is 0. The minimum absolute atomic E-state index is 0.0591. The highest BCUT2D eigenvalue weighted by Gasteiger charge is 2.24. The molecule has 1 aliphatic rings. The number of ether oxygens (including phenoxy) is 2. The molecule has 1 fully saturated rings. The fourth-order valence-electron chi connectivity index (χ4n) is 3.36. The van der Waals surface area contributed by atoms with Crippen LogP contribution in [0.4, 0.5) is 4.39 Å². The summed E-state index contributed by atoms with van der Waals surface area (Å²) < 4.78 is 47.3. The molecular weight excluding hydrogens is 413 g/mol. The Morgan fingerprint density at radius 1 is 1.23 bits per heavy atom. The van der Waals surface area contributed by atoms with Gasteiger partial charge in [0.1, 0.15) is 11.6 Å². The fourth-order valence-corrected chi connectivity index (χ4v) is 3.90. The average molecular weight is 437 g/mol. The number of morpholine rings is 1. The molecule has 0 saturated carbocycles. The first kappa shape index (κ1) is 22.2. The van der Waals surface area contributed by atoms with E-state index in [1.165, 1.54) is 37.4 Å². The Kier molecular flexibility index (Phi) is 7.03. The molecule has 0 bridgehead atoms. The first-order valence-electron chi connectivity index (χ1n) is 9.36. The van der Waals surface area contributed by atoms with Crippen molar-refractivity contribution in [1.82, 2.24) is 10.2 Å². The van der Waals surface area contributed by atoms with Crippen molar-refractivity contribution in [3.63, 3.8) is 0 Å². The molecule has 2 aromatic carbocycles. The van der Waals surface area contributed by atoms with E-state index in [0.29, 0.717) is 26.3 Å². The predicted molar refractivity (Wildman–Crippen MR) is 108 cm³/mol. The van der Waals surface area contributed by atoms with Crippen LogP contribution in [0.15, 0.2) is 47.4 Å². The molecule has 8 nitrogen and oxygen atoms in total. The third-order valence-corrected chi connectivity index (χ3v) is 5.85. The van der Waals surface area contributed by atoms with Gasteiger partial charge in [-0.15, -0.1) is 0 Å². The van der Waals surface area contributed by atoms with Gasteiger partial charge >= 0.3 is 0 Å². The average Bonchev–Trinajstić information content (AvgIpc) is 2.74. The fraction of sp³-hybridized carbons (Fsp3) is 0.350. The summed E-state index contributed by atoms with van der Waals surface area (Å²) in [6, 6.07) is 9.77. The van der Waals surface area contributed by atoms with Crippen LogP contribution < -0.4 is 15.2 Å². The lowest BCUT2D eigenvalue weighted by Crippen LogP contribution is -2.43. The molecule has 3 rings (SSSR count). The van der Waals surface area contributed by atoms with Crippen molar-refractivity contribution >= 4 is 15.9 Å². The summed E-state index contributed by atoms with van der Waals surface area (Å²) >= 11 is 0. The lowest BCUT2D eigenvalue weighted by molar-refractivity contribution is 0.0162. The van der Waals surface area contributed by atoms with E-state index in [-0.39, 0.29) is 34.6 Å². The van der Waals surface area contributed by atoms with Crippen LogP contribution in [0.1, 0.15) is 22.0 Å². The van der Waals surface area contributed by atoms with Crippen molar-refractivity contribution in [2.45, 2.75) is 10.9 Å². The van der Waals surface area contributed by atoms with E-state index >= 15 is 0 Å². The highest BCUT2D eigenvalue weighted by atomic mass is 32.2. The number of benzene rings is 2. The van der Waals surface area contributed by atoms with Crippen LogP contribution in [-0.4, -0.2) is 59.2 Å². The normalized spacial score (nSPS) is 16.1. The number of carbonyl (C=O) groups excluding carboxylic acids is 1. The third kappa shape index (κ3) is 5.33. The molecule has 162 valence electrons. The molecule has 0 aromatic heterocycles. The smallest absolute Gasteiger partial charge is 0.255 e. The molecule has 1 unspecified atom stereocenters. The van der Waals surface area contributed by atoms with Gasteiger partial charge in [0, 0.05) is 19.6 Å². The van der Waals surface area contributed by atoms with E-state index in [1.807, 2.05) is 0 Å². The number of carbonyl (C=O) groups is 1. The Bertz CT molecular complexity index is 992. The number of nitrogens with zero attached hydrogens (tertiary/aromatic N) is 1. The van der Waals surface area contributed by atoms with Crippen molar-refractivity contribution in [3.05, 3.63) is 59.4 Å². The van der Waals surface area contributed by atoms with E-state index in [9.17, 15) is 17.6 Å². The molecule has 10 heteroatoms. The monoisotopic (exact) mass is 437 g/mol. The van der Waals surface area contributed by atoms with Gasteiger partial charge in [-0.2, -0.15) is 0 Å². The number of halogens is 1. The van der Waals surface area contributed by atoms with Crippen LogP contribution in [0.5, 0.6) is 5.75 Å². The first-order chi connectivity index (χ1) is 14.3. The number of amides is 1. The third-order valence-electron chi connectivity index (χ3n) is 4.94. The van der Waals surface area contributed by atoms with Gasteiger partial charge in [0.2, 0.25) is 10.0 Å². The second-order valence-electron chi connectivity index (χ2n) is 6.83. The Labute approximate surface area is 174 Å². The van der Waals surface area contributed by atoms with Crippen LogP contribution in [0, 0.1) is 5.82 Å². The molecule has 0 spiro atoms. The maximum Gasteiger partial charge on any atom is 0.255 e. The molecule has 1 aliphatic heterocycles. The summed E-state index contributed by atoms with van der Waals surface area (Å²) in [4.78, 5) is 14.8. The van der Waals surface area contributed by atoms with Gasteiger partial charge in [0.15, 0.2) is 0 Å². The Morgan fingerprint density at radius 3 is 2.50 bits per heavy atom. The minimum atomic E-state index is -3.97. The van der Waals surface area contributed by atoms with Crippen molar-refractivity contribution < 1.29 is 27.1 Å². The highest BCUT2D eigenvalue weighted by Crippen LogP contribution is 2.24. The summed E-state index contributed by atoms with van der Waals surface area (Å²) in [5.41, 5.74) is 0.910. The quantitative estimate of drug-likeness (QED) is 0.675. The van der Waals surface area contributed by atoms with Gasteiger partial charge < -0.3 is 14.8 Å². The van der Waals surface area contributed by atoms with Crippen LogP contribution in [0.2, 0.25) is 0 Å². The van der Waals surface area contributed by atoms with Gasteiger partial charge in [-0.25, -0.2) is 17.9 Å². The Morgan fingerprint density at radius 2 is 1.90 bits per heavy atom. The molecular formula is C20H24FN3O5S. The van der Waals surface area contributed by atoms with Gasteiger partial charge in [-0.1, -0.05) is 12.1 Å². The highest BCUT2D eigenvalue weighted by molar-refractivity contribution is 7.89. The number of hydrogen-bond donors (Lipinski definition) is 2. The molecule has 1 atom stereocenters. The standard InChI is InChI=1S/C20H24FN3O5S/c1-28-19-7-6-16(30(22,26)27)12-17(19)20(25)23-13-18(24-8-10-29-11-9-24)14-2-4-15(21)5-3-14/h2-7,12,18H,8-11,13H2,1H3,(H,23,25)(H2,22,26,27). The Balaban J connectivity index is 1.82. The van der Waals surface area contributed by atoms with Crippen molar-refractivity contribution in [2.24, 2.45) is 5.14 Å². The zero-order valence-corrected chi connectivity index (χ0v) is 17.3. The van der Waals surface area contributed by atoms with Crippen LogP contribution in [0.3, 0.4) is 0 Å². The Hall–Kier alpha value is -2.53. The lowest BCUT2D eigenvalue weighted by atomic mass is 10.0. The SMILES string of the molecule is COc1ccc(S(N)(=O)=O)cc1C(=O)NCC(c1ccc(F)cc1)N1CCOCC1. The van der Waals surface area contributed by atoms with Crippen molar-refractivity contribution in [3.8, 4) is 5.75 Å². The minimum Gasteiger partial charge on any atom is -0.496 e. The topological polar surface area (TPSA) is 111 Å². The molecule has 0 aliphatic carbocycles. The van der Waals surface area contributed by atoms with Crippen LogP contribution in [0.25, 0.3) is 0 Å². The lowest BCUT2D eigenvalue weighted by Gasteiger charge is -2.35. The summed E-state index contributed by atoms with van der Waals surface area (Å²) in [6.45, 7) is 2.70. The molecule has 3 N–H and O–H groups in total. The summed E-state index contributed by atoms with van der Waals surface area (Å²) in [5, 5.41) is 8.01. The van der Waals surface area contributed by atoms with E-state index < -0.39 is 15.9 Å². The maximum atomic E-state index is 13.4. The van der Waals surface area contributed by atoms with Gasteiger partial charge in [0.25, 0.3) is 5.91 Å². The van der Waals surface area contributed by atoms with Crippen molar-refractivity contribution in [1.29, 1.82) is 0 Å². The first-order valence-corrected chi connectivity index (χ1v) is 10.9. The second-order valence-corrected chi connectivity index (χ2v) is 8.39. The molecule has 1 saturated heterocycles. The number of methoxy groups -OCH3 is 1. The van der Waals surface area contributed by atoms with E-state index in [2.05, 4.69) is 10.2 Å².